The number of benzene rings is 1. The Bertz CT molecular complexity index is 676. The molecule has 1 aromatic rings. The topological polar surface area (TPSA) is 72.9 Å². The fourth-order valence-corrected chi connectivity index (χ4v) is 4.14. The molecule has 1 fully saturated rings. The molecule has 1 heterocycles. The molecule has 1 aliphatic rings. The number of hydrogen-bond acceptors (Lipinski definition) is 6. The van der Waals surface area contributed by atoms with Crippen molar-refractivity contribution in [2.24, 2.45) is 0 Å². The van der Waals surface area contributed by atoms with Gasteiger partial charge in [-0.15, -0.1) is 5.06 Å². The third-order valence-corrected chi connectivity index (χ3v) is 5.51. The molecule has 0 aromatic heterocycles. The molecular formula is C17H25NO5S. The number of carbonyl (C=O) groups is 1. The van der Waals surface area contributed by atoms with Crippen molar-refractivity contribution in [3.63, 3.8) is 0 Å². The first kappa shape index (κ1) is 18.7. The van der Waals surface area contributed by atoms with Gasteiger partial charge in [0.2, 0.25) is 0 Å². The first-order valence-electron chi connectivity index (χ1n) is 8.04. The highest BCUT2D eigenvalue weighted by molar-refractivity contribution is 7.91. The maximum absolute atomic E-state index is 12.6. The van der Waals surface area contributed by atoms with E-state index < -0.39 is 21.6 Å². The summed E-state index contributed by atoms with van der Waals surface area (Å²) in [6, 6.07) is 6.41. The average Bonchev–Trinajstić information content (AvgIpc) is 2.83. The van der Waals surface area contributed by atoms with Gasteiger partial charge in [-0.25, -0.2) is 13.2 Å². The summed E-state index contributed by atoms with van der Waals surface area (Å²) in [5.74, 6) is -0.0845. The fourth-order valence-electron chi connectivity index (χ4n) is 2.56. The minimum atomic E-state index is -3.44. The van der Waals surface area contributed by atoms with Crippen LogP contribution in [0.3, 0.4) is 0 Å². The molecule has 134 valence electrons. The van der Waals surface area contributed by atoms with Crippen LogP contribution in [0.4, 0.5) is 4.79 Å². The van der Waals surface area contributed by atoms with E-state index in [-0.39, 0.29) is 16.7 Å². The van der Waals surface area contributed by atoms with E-state index in [0.717, 1.165) is 12.0 Å². The van der Waals surface area contributed by atoms with Crippen molar-refractivity contribution in [3.05, 3.63) is 29.8 Å². The number of carbonyl (C=O) groups excluding carboxylic acids is 1. The minimum Gasteiger partial charge on any atom is -0.427 e. The van der Waals surface area contributed by atoms with Gasteiger partial charge in [-0.2, -0.15) is 0 Å². The molecule has 0 N–H and O–H groups in total. The van der Waals surface area contributed by atoms with Gasteiger partial charge in [-0.3, -0.25) is 0 Å². The zero-order valence-electron chi connectivity index (χ0n) is 14.6. The van der Waals surface area contributed by atoms with Gasteiger partial charge in [-0.1, -0.05) is 17.7 Å². The standard InChI is InChI=1S/C17H25NO5S/c1-13-7-9-15(10-8-13)24(20,21)12-14-6-5-11-18(14)23-16(19)22-17(2,3)4/h7-10,14H,5-6,11-12H2,1-4H3. The first-order valence-corrected chi connectivity index (χ1v) is 9.69. The minimum absolute atomic E-state index is 0.0845. The summed E-state index contributed by atoms with van der Waals surface area (Å²) in [6.07, 6.45) is 0.632. The van der Waals surface area contributed by atoms with Crippen LogP contribution in [0.1, 0.15) is 39.2 Å². The quantitative estimate of drug-likeness (QED) is 0.773. The maximum atomic E-state index is 12.6. The highest BCUT2D eigenvalue weighted by atomic mass is 32.2. The number of hydrogen-bond donors (Lipinski definition) is 0. The van der Waals surface area contributed by atoms with E-state index in [1.807, 2.05) is 6.92 Å². The van der Waals surface area contributed by atoms with Crippen LogP contribution in [0.15, 0.2) is 29.2 Å². The molecule has 24 heavy (non-hydrogen) atoms. The molecule has 0 amide bonds. The van der Waals surface area contributed by atoms with Crippen molar-refractivity contribution in [1.29, 1.82) is 0 Å². The van der Waals surface area contributed by atoms with Crippen LogP contribution in [-0.2, 0) is 19.4 Å². The van der Waals surface area contributed by atoms with Crippen LogP contribution in [-0.4, -0.2) is 43.6 Å². The van der Waals surface area contributed by atoms with Crippen LogP contribution in [0.2, 0.25) is 0 Å². The van der Waals surface area contributed by atoms with E-state index in [4.69, 9.17) is 9.57 Å². The smallest absolute Gasteiger partial charge is 0.427 e. The molecule has 2 rings (SSSR count). The highest BCUT2D eigenvalue weighted by Crippen LogP contribution is 2.23. The van der Waals surface area contributed by atoms with Crippen molar-refractivity contribution in [2.75, 3.05) is 12.3 Å². The Morgan fingerprint density at radius 1 is 1.25 bits per heavy atom. The van der Waals surface area contributed by atoms with E-state index in [2.05, 4.69) is 0 Å². The van der Waals surface area contributed by atoms with Crippen LogP contribution < -0.4 is 0 Å². The van der Waals surface area contributed by atoms with Gasteiger partial charge in [-0.05, 0) is 52.7 Å². The monoisotopic (exact) mass is 355 g/mol. The molecule has 6 nitrogen and oxygen atoms in total. The predicted octanol–water partition coefficient (Wildman–Crippen LogP) is 3.10. The normalized spacial score (nSPS) is 19.2. The number of nitrogens with zero attached hydrogens (tertiary/aromatic N) is 1. The number of aryl methyl sites for hydroxylation is 1. The van der Waals surface area contributed by atoms with E-state index in [9.17, 15) is 13.2 Å². The first-order chi connectivity index (χ1) is 11.1. The Morgan fingerprint density at radius 2 is 1.88 bits per heavy atom. The van der Waals surface area contributed by atoms with Crippen molar-refractivity contribution < 1.29 is 22.8 Å². The summed E-state index contributed by atoms with van der Waals surface area (Å²) in [5.41, 5.74) is 0.352. The number of hydroxylamine groups is 2. The van der Waals surface area contributed by atoms with E-state index in [0.29, 0.717) is 13.0 Å². The second-order valence-corrected chi connectivity index (χ2v) is 9.12. The molecule has 1 unspecified atom stereocenters. The van der Waals surface area contributed by atoms with Crippen LogP contribution in [0.5, 0.6) is 0 Å². The maximum Gasteiger partial charge on any atom is 0.528 e. The van der Waals surface area contributed by atoms with Crippen LogP contribution in [0.25, 0.3) is 0 Å². The Morgan fingerprint density at radius 3 is 2.46 bits per heavy atom. The summed E-state index contributed by atoms with van der Waals surface area (Å²) < 4.78 is 30.2. The van der Waals surface area contributed by atoms with Crippen LogP contribution in [0, 0.1) is 6.92 Å². The summed E-state index contributed by atoms with van der Waals surface area (Å²) >= 11 is 0. The molecule has 0 radical (unpaired) electrons. The SMILES string of the molecule is Cc1ccc(S(=O)(=O)CC2CCCN2OC(=O)OC(C)(C)C)cc1. The van der Waals surface area contributed by atoms with E-state index in [1.54, 1.807) is 45.0 Å². The molecule has 1 saturated heterocycles. The van der Waals surface area contributed by atoms with Gasteiger partial charge >= 0.3 is 6.16 Å². The zero-order valence-corrected chi connectivity index (χ0v) is 15.4. The molecular weight excluding hydrogens is 330 g/mol. The Balaban J connectivity index is 2.02. The molecule has 0 saturated carbocycles. The Kier molecular flexibility index (Phi) is 5.55. The van der Waals surface area contributed by atoms with E-state index in [1.165, 1.54) is 5.06 Å². The third-order valence-electron chi connectivity index (χ3n) is 3.70. The highest BCUT2D eigenvalue weighted by Gasteiger charge is 2.34. The van der Waals surface area contributed by atoms with Crippen molar-refractivity contribution in [2.45, 2.75) is 57.1 Å². The molecule has 1 atom stereocenters. The fraction of sp³-hybridized carbons (Fsp3) is 0.588. The number of rotatable bonds is 4. The lowest BCUT2D eigenvalue weighted by molar-refractivity contribution is -0.146. The Hall–Kier alpha value is -1.60. The second-order valence-electron chi connectivity index (χ2n) is 7.09. The molecule has 0 spiro atoms. The summed E-state index contributed by atoms with van der Waals surface area (Å²) in [6.45, 7) is 7.66. The molecule has 0 bridgehead atoms. The Labute approximate surface area is 143 Å². The lowest BCUT2D eigenvalue weighted by Gasteiger charge is -2.25. The van der Waals surface area contributed by atoms with Crippen molar-refractivity contribution in [3.8, 4) is 0 Å². The van der Waals surface area contributed by atoms with Gasteiger partial charge in [0, 0.05) is 6.54 Å². The largest absolute Gasteiger partial charge is 0.528 e. The lowest BCUT2D eigenvalue weighted by atomic mass is 10.2. The molecule has 1 aliphatic heterocycles. The lowest BCUT2D eigenvalue weighted by Crippen LogP contribution is -2.38. The zero-order chi connectivity index (χ0) is 18.0. The number of ether oxygens (including phenoxy) is 1. The van der Waals surface area contributed by atoms with Gasteiger partial charge in [0.25, 0.3) is 0 Å². The summed E-state index contributed by atoms with van der Waals surface area (Å²) in [4.78, 5) is 17.3. The molecule has 7 heteroatoms. The van der Waals surface area contributed by atoms with Crippen molar-refractivity contribution >= 4 is 16.0 Å². The van der Waals surface area contributed by atoms with Crippen molar-refractivity contribution in [1.82, 2.24) is 5.06 Å². The molecule has 0 aliphatic carbocycles. The second kappa shape index (κ2) is 7.11. The van der Waals surface area contributed by atoms with Crippen LogP contribution >= 0.6 is 0 Å². The average molecular weight is 355 g/mol. The molecule has 1 aromatic carbocycles. The van der Waals surface area contributed by atoms with Gasteiger partial charge < -0.3 is 9.57 Å². The summed E-state index contributed by atoms with van der Waals surface area (Å²) in [7, 11) is -3.44. The number of sulfone groups is 1. The van der Waals surface area contributed by atoms with Gasteiger partial charge in [0.1, 0.15) is 5.60 Å². The van der Waals surface area contributed by atoms with Gasteiger partial charge in [0.15, 0.2) is 9.84 Å². The predicted molar refractivity (Wildman–Crippen MR) is 90.3 cm³/mol. The summed E-state index contributed by atoms with van der Waals surface area (Å²) in [5, 5.41) is 1.43. The van der Waals surface area contributed by atoms with E-state index >= 15 is 0 Å². The third kappa shape index (κ3) is 5.21. The van der Waals surface area contributed by atoms with Gasteiger partial charge in [0.05, 0.1) is 16.7 Å².